The summed E-state index contributed by atoms with van der Waals surface area (Å²) in [5, 5.41) is 17.0. The standard InChI is InChI=1S/C22H21F3N4O5/c23-22(24,25)20-12-18(14-2-3-14)28(27-20)11-1-10-26-21(30)19-9-8-17(34-19)13-33-16-6-4-15(5-7-16)29(31)32/h4-9,12,14H,1-3,10-11,13H2,(H,26,30). The summed E-state index contributed by atoms with van der Waals surface area (Å²) in [6.45, 7) is 0.518. The SMILES string of the molecule is O=C(NCCCn1nc(C(F)(F)F)cc1C1CC1)c1ccc(COc2ccc([N+](=O)[O-])cc2)o1. The van der Waals surface area contributed by atoms with Gasteiger partial charge in [0, 0.05) is 36.8 Å². The van der Waals surface area contributed by atoms with E-state index in [0.29, 0.717) is 23.6 Å². The normalized spacial score (nSPS) is 13.6. The molecule has 1 N–H and O–H groups in total. The van der Waals surface area contributed by atoms with Crippen molar-refractivity contribution in [1.29, 1.82) is 0 Å². The predicted molar refractivity (Wildman–Crippen MR) is 112 cm³/mol. The lowest BCUT2D eigenvalue weighted by Crippen LogP contribution is -2.25. The molecule has 1 aliphatic rings. The van der Waals surface area contributed by atoms with Crippen LogP contribution >= 0.6 is 0 Å². The summed E-state index contributed by atoms with van der Waals surface area (Å²) in [5.74, 6) is 0.521. The van der Waals surface area contributed by atoms with Gasteiger partial charge in [-0.2, -0.15) is 18.3 Å². The van der Waals surface area contributed by atoms with Gasteiger partial charge in [0.1, 0.15) is 18.1 Å². The molecule has 0 unspecified atom stereocenters. The Kier molecular flexibility index (Phi) is 6.57. The van der Waals surface area contributed by atoms with Gasteiger partial charge >= 0.3 is 6.18 Å². The molecule has 1 fully saturated rings. The Morgan fingerprint density at radius 3 is 2.62 bits per heavy atom. The minimum Gasteiger partial charge on any atom is -0.486 e. The number of carbonyl (C=O) groups is 1. The summed E-state index contributed by atoms with van der Waals surface area (Å²) in [4.78, 5) is 22.4. The molecule has 34 heavy (non-hydrogen) atoms. The number of hydrogen-bond donors (Lipinski definition) is 1. The molecule has 0 radical (unpaired) electrons. The Labute approximate surface area is 191 Å². The second-order valence-electron chi connectivity index (χ2n) is 7.86. The quantitative estimate of drug-likeness (QED) is 0.257. The van der Waals surface area contributed by atoms with Crippen LogP contribution in [0.15, 0.2) is 46.9 Å². The van der Waals surface area contributed by atoms with Gasteiger partial charge in [-0.25, -0.2) is 0 Å². The van der Waals surface area contributed by atoms with Crippen LogP contribution in [-0.2, 0) is 19.3 Å². The summed E-state index contributed by atoms with van der Waals surface area (Å²) in [5.41, 5.74) is -0.360. The maximum Gasteiger partial charge on any atom is 0.435 e. The maximum absolute atomic E-state index is 13.0. The number of alkyl halides is 3. The predicted octanol–water partition coefficient (Wildman–Crippen LogP) is 4.68. The van der Waals surface area contributed by atoms with E-state index < -0.39 is 22.7 Å². The lowest BCUT2D eigenvalue weighted by Gasteiger charge is -2.07. The fourth-order valence-corrected chi connectivity index (χ4v) is 3.37. The van der Waals surface area contributed by atoms with E-state index in [9.17, 15) is 28.1 Å². The number of nitro groups is 1. The molecule has 4 rings (SSSR count). The van der Waals surface area contributed by atoms with Crippen molar-refractivity contribution < 1.29 is 32.0 Å². The number of furan rings is 1. The Hall–Kier alpha value is -3.83. The highest BCUT2D eigenvalue weighted by molar-refractivity contribution is 5.91. The van der Waals surface area contributed by atoms with E-state index in [1.165, 1.54) is 35.0 Å². The molecule has 1 aromatic carbocycles. The zero-order valence-electron chi connectivity index (χ0n) is 17.9. The van der Waals surface area contributed by atoms with Crippen LogP contribution in [-0.4, -0.2) is 27.2 Å². The molecule has 180 valence electrons. The molecule has 1 amide bonds. The number of non-ortho nitro benzene ring substituents is 1. The van der Waals surface area contributed by atoms with Crippen LogP contribution in [0.3, 0.4) is 0 Å². The molecular weight excluding hydrogens is 457 g/mol. The minimum atomic E-state index is -4.48. The van der Waals surface area contributed by atoms with Crippen molar-refractivity contribution in [2.75, 3.05) is 6.54 Å². The first-order valence-corrected chi connectivity index (χ1v) is 10.6. The molecular formula is C22H21F3N4O5. The van der Waals surface area contributed by atoms with Crippen LogP contribution in [0, 0.1) is 10.1 Å². The highest BCUT2D eigenvalue weighted by Gasteiger charge is 2.37. The van der Waals surface area contributed by atoms with Crippen molar-refractivity contribution in [3.05, 3.63) is 75.5 Å². The van der Waals surface area contributed by atoms with Gasteiger partial charge in [-0.3, -0.25) is 19.6 Å². The first-order chi connectivity index (χ1) is 16.2. The second kappa shape index (κ2) is 9.57. The molecule has 1 saturated carbocycles. The van der Waals surface area contributed by atoms with Crippen molar-refractivity contribution in [3.8, 4) is 5.75 Å². The fraction of sp³-hybridized carbons (Fsp3) is 0.364. The van der Waals surface area contributed by atoms with Gasteiger partial charge in [-0.1, -0.05) is 0 Å². The first kappa shape index (κ1) is 23.3. The van der Waals surface area contributed by atoms with Crippen LogP contribution in [0.1, 0.15) is 52.9 Å². The number of halogens is 3. The second-order valence-corrected chi connectivity index (χ2v) is 7.86. The number of ether oxygens (including phenoxy) is 1. The van der Waals surface area contributed by atoms with Crippen molar-refractivity contribution in [1.82, 2.24) is 15.1 Å². The van der Waals surface area contributed by atoms with E-state index in [2.05, 4.69) is 10.4 Å². The lowest BCUT2D eigenvalue weighted by molar-refractivity contribution is -0.384. The largest absolute Gasteiger partial charge is 0.486 e. The molecule has 0 spiro atoms. The van der Waals surface area contributed by atoms with E-state index in [1.54, 1.807) is 6.07 Å². The molecule has 0 aliphatic heterocycles. The molecule has 9 nitrogen and oxygen atoms in total. The zero-order chi connectivity index (χ0) is 24.3. The van der Waals surface area contributed by atoms with Crippen LogP contribution in [0.5, 0.6) is 5.75 Å². The zero-order valence-corrected chi connectivity index (χ0v) is 17.9. The molecule has 12 heteroatoms. The molecule has 0 atom stereocenters. The van der Waals surface area contributed by atoms with Crippen LogP contribution in [0.25, 0.3) is 0 Å². The Morgan fingerprint density at radius 1 is 1.24 bits per heavy atom. The van der Waals surface area contributed by atoms with E-state index in [-0.39, 0.29) is 37.1 Å². The lowest BCUT2D eigenvalue weighted by atomic mass is 10.2. The van der Waals surface area contributed by atoms with Gasteiger partial charge in [0.25, 0.3) is 11.6 Å². The van der Waals surface area contributed by atoms with Crippen LogP contribution in [0.4, 0.5) is 18.9 Å². The number of aromatic nitrogens is 2. The third-order valence-electron chi connectivity index (χ3n) is 5.24. The highest BCUT2D eigenvalue weighted by atomic mass is 19.4. The summed E-state index contributed by atoms with van der Waals surface area (Å²) in [6, 6.07) is 9.72. The monoisotopic (exact) mass is 478 g/mol. The number of nitrogens with one attached hydrogen (secondary N) is 1. The molecule has 1 aliphatic carbocycles. The van der Waals surface area contributed by atoms with Crippen molar-refractivity contribution in [3.63, 3.8) is 0 Å². The van der Waals surface area contributed by atoms with Crippen LogP contribution < -0.4 is 10.1 Å². The molecule has 0 bridgehead atoms. The van der Waals surface area contributed by atoms with Gasteiger partial charge < -0.3 is 14.5 Å². The van der Waals surface area contributed by atoms with Crippen LogP contribution in [0.2, 0.25) is 0 Å². The number of aryl methyl sites for hydroxylation is 1. The highest BCUT2D eigenvalue weighted by Crippen LogP contribution is 2.42. The van der Waals surface area contributed by atoms with Crippen molar-refractivity contribution in [2.24, 2.45) is 0 Å². The number of hydrogen-bond acceptors (Lipinski definition) is 6. The number of nitro benzene ring substituents is 1. The molecule has 2 aromatic heterocycles. The summed E-state index contributed by atoms with van der Waals surface area (Å²) < 4.78 is 51.2. The van der Waals surface area contributed by atoms with Gasteiger partial charge in [0.15, 0.2) is 11.5 Å². The number of amides is 1. The van der Waals surface area contributed by atoms with E-state index >= 15 is 0 Å². The minimum absolute atomic E-state index is 0.0237. The summed E-state index contributed by atoms with van der Waals surface area (Å²) in [7, 11) is 0. The van der Waals surface area contributed by atoms with Crippen molar-refractivity contribution >= 4 is 11.6 Å². The number of nitrogens with zero attached hydrogens (tertiary/aromatic N) is 3. The van der Waals surface area contributed by atoms with Gasteiger partial charge in [-0.05, 0) is 49.6 Å². The molecule has 2 heterocycles. The third-order valence-corrected chi connectivity index (χ3v) is 5.24. The van der Waals surface area contributed by atoms with Gasteiger partial charge in [0.2, 0.25) is 0 Å². The number of rotatable bonds is 10. The number of benzene rings is 1. The Balaban J connectivity index is 1.24. The topological polar surface area (TPSA) is 112 Å². The third kappa shape index (κ3) is 5.74. The average Bonchev–Trinajstić information content (AvgIpc) is 3.36. The smallest absolute Gasteiger partial charge is 0.435 e. The van der Waals surface area contributed by atoms with Gasteiger partial charge in [-0.15, -0.1) is 0 Å². The summed E-state index contributed by atoms with van der Waals surface area (Å²) >= 11 is 0. The average molecular weight is 478 g/mol. The maximum atomic E-state index is 13.0. The van der Waals surface area contributed by atoms with E-state index in [1.807, 2.05) is 0 Å². The van der Waals surface area contributed by atoms with E-state index in [0.717, 1.165) is 18.9 Å². The summed E-state index contributed by atoms with van der Waals surface area (Å²) in [6.07, 6.45) is -2.37. The number of carbonyl (C=O) groups excluding carboxylic acids is 1. The van der Waals surface area contributed by atoms with Crippen molar-refractivity contribution in [2.45, 2.75) is 44.5 Å². The Bertz CT molecular complexity index is 1170. The molecule has 0 saturated heterocycles. The van der Waals surface area contributed by atoms with E-state index in [4.69, 9.17) is 9.15 Å². The van der Waals surface area contributed by atoms with Gasteiger partial charge in [0.05, 0.1) is 4.92 Å². The molecule has 3 aromatic rings. The fourth-order valence-electron chi connectivity index (χ4n) is 3.37. The first-order valence-electron chi connectivity index (χ1n) is 10.6. The Morgan fingerprint density at radius 2 is 1.97 bits per heavy atom.